The Labute approximate surface area is 225 Å². The Morgan fingerprint density at radius 1 is 1.03 bits per heavy atom. The van der Waals surface area contributed by atoms with Gasteiger partial charge in [-0.05, 0) is 39.0 Å². The molecular formula is C28H46FN3O6. The molecule has 2 heterocycles. The van der Waals surface area contributed by atoms with Gasteiger partial charge in [-0.3, -0.25) is 9.88 Å². The minimum atomic E-state index is -1.41. The van der Waals surface area contributed by atoms with E-state index in [0.29, 0.717) is 6.42 Å². The number of hydrogen-bond acceptors (Lipinski definition) is 7. The molecule has 0 spiro atoms. The van der Waals surface area contributed by atoms with Gasteiger partial charge in [-0.1, -0.05) is 76.9 Å². The van der Waals surface area contributed by atoms with E-state index in [1.165, 1.54) is 64.7 Å². The molecule has 0 saturated carbocycles. The summed E-state index contributed by atoms with van der Waals surface area (Å²) in [6.45, 7) is 3.95. The van der Waals surface area contributed by atoms with Crippen molar-refractivity contribution in [2.45, 2.75) is 128 Å². The molecule has 216 valence electrons. The molecule has 0 aromatic carbocycles. The zero-order chi connectivity index (χ0) is 27.8. The predicted molar refractivity (Wildman–Crippen MR) is 144 cm³/mol. The first-order valence-electron chi connectivity index (χ1n) is 14.2. The van der Waals surface area contributed by atoms with E-state index in [1.807, 2.05) is 0 Å². The van der Waals surface area contributed by atoms with Crippen LogP contribution in [-0.2, 0) is 9.47 Å². The van der Waals surface area contributed by atoms with Gasteiger partial charge in [0.05, 0.1) is 18.9 Å². The maximum atomic E-state index is 14.4. The van der Waals surface area contributed by atoms with Gasteiger partial charge in [0, 0.05) is 0 Å². The molecule has 0 unspecified atom stereocenters. The Morgan fingerprint density at radius 3 is 2.18 bits per heavy atom. The molecule has 1 aliphatic rings. The predicted octanol–water partition coefficient (Wildman–Crippen LogP) is 5.61. The monoisotopic (exact) mass is 539 g/mol. The van der Waals surface area contributed by atoms with Crippen LogP contribution in [0.25, 0.3) is 0 Å². The van der Waals surface area contributed by atoms with Crippen LogP contribution in [-0.4, -0.2) is 50.8 Å². The standard InChI is InChI=1S/C28H46FN3O6/c1-3-4-5-6-7-8-9-10-11-12-13-14-15-16-17-18-19-37-28(36)31-25-22(29)20-32(27(35)30-25)26-24(34)23(33)21(2)38-26/h10-11,20-21,23-24,26,33-34H,3-9,12-19H2,1-2H3,(H,30,31,35,36)/t21-,23-,24+,26+/m0/s1. The molecule has 0 radical (unpaired) electrons. The summed E-state index contributed by atoms with van der Waals surface area (Å²) in [6.07, 6.45) is 16.4. The quantitative estimate of drug-likeness (QED) is 0.164. The Bertz CT molecular complexity index is 909. The summed E-state index contributed by atoms with van der Waals surface area (Å²) in [6, 6.07) is 0. The van der Waals surface area contributed by atoms with Crippen molar-refractivity contribution in [1.82, 2.24) is 9.55 Å². The smallest absolute Gasteiger partial charge is 0.412 e. The van der Waals surface area contributed by atoms with Gasteiger partial charge in [0.1, 0.15) is 12.2 Å². The highest BCUT2D eigenvalue weighted by atomic mass is 19.1. The lowest BCUT2D eigenvalue weighted by Gasteiger charge is -2.17. The van der Waals surface area contributed by atoms with Gasteiger partial charge < -0.3 is 19.7 Å². The molecule has 4 atom stereocenters. The third-order valence-electron chi connectivity index (χ3n) is 6.77. The second-order valence-electron chi connectivity index (χ2n) is 10.0. The molecule has 0 bridgehead atoms. The van der Waals surface area contributed by atoms with Crippen LogP contribution < -0.4 is 11.0 Å². The number of allylic oxidation sites excluding steroid dienone is 2. The van der Waals surface area contributed by atoms with Gasteiger partial charge in [0.25, 0.3) is 0 Å². The molecule has 1 aliphatic heterocycles. The van der Waals surface area contributed by atoms with E-state index < -0.39 is 48.0 Å². The molecule has 1 saturated heterocycles. The highest BCUT2D eigenvalue weighted by Crippen LogP contribution is 2.28. The summed E-state index contributed by atoms with van der Waals surface area (Å²) in [5.74, 6) is -1.57. The number of rotatable bonds is 18. The van der Waals surface area contributed by atoms with E-state index in [4.69, 9.17) is 9.47 Å². The number of halogens is 1. The van der Waals surface area contributed by atoms with E-state index >= 15 is 0 Å². The van der Waals surface area contributed by atoms with E-state index in [1.54, 1.807) is 0 Å². The number of ether oxygens (including phenoxy) is 2. The molecule has 2 rings (SSSR count). The van der Waals surface area contributed by atoms with Gasteiger partial charge in [0.2, 0.25) is 0 Å². The third kappa shape index (κ3) is 11.2. The van der Waals surface area contributed by atoms with Crippen LogP contribution in [0, 0.1) is 5.82 Å². The van der Waals surface area contributed by atoms with Crippen LogP contribution in [0.4, 0.5) is 15.0 Å². The van der Waals surface area contributed by atoms with Crippen molar-refractivity contribution in [3.05, 3.63) is 34.7 Å². The average molecular weight is 540 g/mol. The minimum Gasteiger partial charge on any atom is -0.449 e. The fourth-order valence-electron chi connectivity index (χ4n) is 4.42. The van der Waals surface area contributed by atoms with Crippen molar-refractivity contribution in [2.75, 3.05) is 11.9 Å². The molecule has 1 fully saturated rings. The lowest BCUT2D eigenvalue weighted by Crippen LogP contribution is -2.36. The Balaban J connectivity index is 1.52. The fourth-order valence-corrected chi connectivity index (χ4v) is 4.42. The van der Waals surface area contributed by atoms with E-state index in [0.717, 1.165) is 36.4 Å². The van der Waals surface area contributed by atoms with Gasteiger partial charge in [0.15, 0.2) is 17.9 Å². The maximum absolute atomic E-state index is 14.4. The summed E-state index contributed by atoms with van der Waals surface area (Å²) >= 11 is 0. The topological polar surface area (TPSA) is 123 Å². The fraction of sp³-hybridized carbons (Fsp3) is 0.750. The van der Waals surface area contributed by atoms with Gasteiger partial charge in [-0.25, -0.2) is 14.0 Å². The van der Waals surface area contributed by atoms with Gasteiger partial charge in [-0.15, -0.1) is 0 Å². The van der Waals surface area contributed by atoms with Crippen LogP contribution in [0.2, 0.25) is 0 Å². The van der Waals surface area contributed by atoms with E-state index in [9.17, 15) is 24.2 Å². The second kappa shape index (κ2) is 18.1. The van der Waals surface area contributed by atoms with E-state index in [2.05, 4.69) is 29.4 Å². The number of nitrogens with zero attached hydrogens (tertiary/aromatic N) is 2. The lowest BCUT2D eigenvalue weighted by atomic mass is 10.1. The summed E-state index contributed by atoms with van der Waals surface area (Å²) in [5, 5.41) is 21.9. The molecule has 1 aromatic rings. The van der Waals surface area contributed by atoms with Gasteiger partial charge >= 0.3 is 11.8 Å². The van der Waals surface area contributed by atoms with Crippen LogP contribution in [0.5, 0.6) is 0 Å². The zero-order valence-electron chi connectivity index (χ0n) is 22.9. The van der Waals surface area contributed by atoms with E-state index in [-0.39, 0.29) is 6.61 Å². The second-order valence-corrected chi connectivity index (χ2v) is 10.0. The van der Waals surface area contributed by atoms with Crippen LogP contribution in [0.1, 0.15) is 110 Å². The molecule has 10 heteroatoms. The molecule has 9 nitrogen and oxygen atoms in total. The number of unbranched alkanes of at least 4 members (excludes halogenated alkanes) is 12. The summed E-state index contributed by atoms with van der Waals surface area (Å²) in [4.78, 5) is 27.7. The molecule has 1 aromatic heterocycles. The Kier molecular flexibility index (Phi) is 15.2. The maximum Gasteiger partial charge on any atom is 0.412 e. The zero-order valence-corrected chi connectivity index (χ0v) is 22.9. The summed E-state index contributed by atoms with van der Waals surface area (Å²) in [5.41, 5.74) is -0.944. The first-order valence-corrected chi connectivity index (χ1v) is 14.2. The number of aliphatic hydroxyl groups excluding tert-OH is 2. The molecule has 1 amide bonds. The third-order valence-corrected chi connectivity index (χ3v) is 6.77. The van der Waals surface area contributed by atoms with Crippen molar-refractivity contribution >= 4 is 11.9 Å². The Morgan fingerprint density at radius 2 is 1.61 bits per heavy atom. The molecule has 38 heavy (non-hydrogen) atoms. The summed E-state index contributed by atoms with van der Waals surface area (Å²) < 4.78 is 25.5. The van der Waals surface area contributed by atoms with Crippen LogP contribution >= 0.6 is 0 Å². The normalized spacial score (nSPS) is 21.3. The molecule has 3 N–H and O–H groups in total. The number of carbonyl (C=O) groups is 1. The van der Waals surface area contributed by atoms with Crippen molar-refractivity contribution in [3.63, 3.8) is 0 Å². The number of hydrogen-bond donors (Lipinski definition) is 3. The number of aromatic nitrogens is 2. The lowest BCUT2D eigenvalue weighted by molar-refractivity contribution is -0.0355. The largest absolute Gasteiger partial charge is 0.449 e. The highest BCUT2D eigenvalue weighted by molar-refractivity contribution is 5.83. The van der Waals surface area contributed by atoms with Crippen LogP contribution in [0.15, 0.2) is 23.1 Å². The number of aliphatic hydroxyl groups is 2. The minimum absolute atomic E-state index is 0.184. The van der Waals surface area contributed by atoms with Crippen molar-refractivity contribution < 1.29 is 28.9 Å². The number of carbonyl (C=O) groups excluding carboxylic acids is 1. The first-order chi connectivity index (χ1) is 18.3. The average Bonchev–Trinajstić information content (AvgIpc) is 3.14. The Hall–Kier alpha value is -2.30. The number of nitrogens with one attached hydrogen (secondary N) is 1. The number of amides is 1. The summed E-state index contributed by atoms with van der Waals surface area (Å²) in [7, 11) is 0. The SMILES string of the molecule is CCCCCCCCC=CCCCCCCCCOC(=O)Nc1nc(=O)n([C@@H]2O[C@@H](C)[C@H](O)[C@H]2O)cc1F. The highest BCUT2D eigenvalue weighted by Gasteiger charge is 2.42. The van der Waals surface area contributed by atoms with Crippen molar-refractivity contribution in [1.29, 1.82) is 0 Å². The molecule has 0 aliphatic carbocycles. The van der Waals surface area contributed by atoms with Crippen molar-refractivity contribution in [3.8, 4) is 0 Å². The molecular weight excluding hydrogens is 493 g/mol. The first kappa shape index (κ1) is 31.9. The van der Waals surface area contributed by atoms with Gasteiger partial charge in [-0.2, -0.15) is 4.98 Å². The van der Waals surface area contributed by atoms with Crippen molar-refractivity contribution in [2.24, 2.45) is 0 Å². The van der Waals surface area contributed by atoms with Crippen LogP contribution in [0.3, 0.4) is 0 Å². The number of anilines is 1.